The molecule has 17 heavy (non-hydrogen) atoms. The second kappa shape index (κ2) is 5.05. The van der Waals surface area contributed by atoms with Crippen molar-refractivity contribution >= 4 is 17.5 Å². The van der Waals surface area contributed by atoms with Gasteiger partial charge in [0.1, 0.15) is 0 Å². The summed E-state index contributed by atoms with van der Waals surface area (Å²) in [5.41, 5.74) is 1.47. The van der Waals surface area contributed by atoms with Crippen LogP contribution in [0.15, 0.2) is 18.3 Å². The van der Waals surface area contributed by atoms with Gasteiger partial charge >= 0.3 is 0 Å². The van der Waals surface area contributed by atoms with Gasteiger partial charge in [-0.2, -0.15) is 0 Å². The maximum atomic E-state index is 12.4. The van der Waals surface area contributed by atoms with Gasteiger partial charge in [-0.3, -0.25) is 9.78 Å². The summed E-state index contributed by atoms with van der Waals surface area (Å²) in [7, 11) is 0. The Hall–Kier alpha value is -1.09. The number of aryl methyl sites for hydroxylation is 1. The van der Waals surface area contributed by atoms with Crippen molar-refractivity contribution in [2.24, 2.45) is 5.92 Å². The first-order chi connectivity index (χ1) is 8.15. The number of halogens is 1. The maximum absolute atomic E-state index is 12.4. The van der Waals surface area contributed by atoms with Crippen molar-refractivity contribution in [3.8, 4) is 0 Å². The molecule has 1 saturated heterocycles. The van der Waals surface area contributed by atoms with Crippen molar-refractivity contribution in [2.45, 2.75) is 26.3 Å². The summed E-state index contributed by atoms with van der Waals surface area (Å²) in [5.74, 6) is 1.05. The van der Waals surface area contributed by atoms with E-state index in [4.69, 9.17) is 11.6 Å². The van der Waals surface area contributed by atoms with Crippen LogP contribution in [0, 0.1) is 12.8 Å². The van der Waals surface area contributed by atoms with Gasteiger partial charge in [0.2, 0.25) is 0 Å². The molecule has 2 heterocycles. The third-order valence-corrected chi connectivity index (χ3v) is 3.86. The summed E-state index contributed by atoms with van der Waals surface area (Å²) in [4.78, 5) is 18.5. The van der Waals surface area contributed by atoms with E-state index in [1.165, 1.54) is 0 Å². The van der Waals surface area contributed by atoms with Gasteiger partial charge in [0.25, 0.3) is 5.91 Å². The highest BCUT2D eigenvalue weighted by atomic mass is 35.5. The Balaban J connectivity index is 2.24. The van der Waals surface area contributed by atoms with Crippen molar-refractivity contribution in [2.75, 3.05) is 12.4 Å². The summed E-state index contributed by atoms with van der Waals surface area (Å²) >= 11 is 5.96. The molecule has 1 fully saturated rings. The van der Waals surface area contributed by atoms with Crippen LogP contribution >= 0.6 is 11.6 Å². The van der Waals surface area contributed by atoms with E-state index in [0.29, 0.717) is 17.4 Å². The van der Waals surface area contributed by atoms with Crippen molar-refractivity contribution in [1.29, 1.82) is 0 Å². The van der Waals surface area contributed by atoms with Crippen molar-refractivity contribution in [3.63, 3.8) is 0 Å². The smallest absolute Gasteiger partial charge is 0.255 e. The minimum Gasteiger partial charge on any atom is -0.334 e. The van der Waals surface area contributed by atoms with E-state index in [0.717, 1.165) is 18.7 Å². The third kappa shape index (κ3) is 2.29. The lowest BCUT2D eigenvalue weighted by Gasteiger charge is -2.25. The largest absolute Gasteiger partial charge is 0.334 e. The lowest BCUT2D eigenvalue weighted by Crippen LogP contribution is -2.39. The first-order valence-corrected chi connectivity index (χ1v) is 6.47. The predicted molar refractivity (Wildman–Crippen MR) is 68.3 cm³/mol. The second-order valence-electron chi connectivity index (χ2n) is 4.62. The van der Waals surface area contributed by atoms with Crippen LogP contribution in [0.4, 0.5) is 0 Å². The Labute approximate surface area is 107 Å². The SMILES string of the molecule is Cc1ncccc1C(=O)N1CCC(C)C1CCl. The summed E-state index contributed by atoms with van der Waals surface area (Å²) in [5, 5.41) is 0. The van der Waals surface area contributed by atoms with E-state index >= 15 is 0 Å². The molecule has 0 radical (unpaired) electrons. The fraction of sp³-hybridized carbons (Fsp3) is 0.538. The summed E-state index contributed by atoms with van der Waals surface area (Å²) in [6.45, 7) is 4.81. The summed E-state index contributed by atoms with van der Waals surface area (Å²) < 4.78 is 0. The number of pyridine rings is 1. The normalized spacial score (nSPS) is 24.1. The van der Waals surface area contributed by atoms with Gasteiger partial charge in [0.05, 0.1) is 5.56 Å². The molecular weight excluding hydrogens is 236 g/mol. The molecule has 1 aromatic rings. The van der Waals surface area contributed by atoms with Crippen LogP contribution in [-0.2, 0) is 0 Å². The van der Waals surface area contributed by atoms with Crippen LogP contribution in [0.5, 0.6) is 0 Å². The molecule has 4 heteroatoms. The standard InChI is InChI=1S/C13H17ClN2O/c1-9-5-7-16(12(9)8-14)13(17)11-4-3-6-15-10(11)2/h3-4,6,9,12H,5,7-8H2,1-2H3. The number of carbonyl (C=O) groups is 1. The molecule has 2 atom stereocenters. The van der Waals surface area contributed by atoms with Gasteiger partial charge in [0.15, 0.2) is 0 Å². The van der Waals surface area contributed by atoms with Gasteiger partial charge < -0.3 is 4.90 Å². The molecule has 3 nitrogen and oxygen atoms in total. The minimum absolute atomic E-state index is 0.0607. The lowest BCUT2D eigenvalue weighted by molar-refractivity contribution is 0.0736. The zero-order chi connectivity index (χ0) is 12.4. The van der Waals surface area contributed by atoms with Crippen LogP contribution in [-0.4, -0.2) is 34.3 Å². The zero-order valence-electron chi connectivity index (χ0n) is 10.2. The molecule has 0 saturated carbocycles. The van der Waals surface area contributed by atoms with Crippen LogP contribution in [0.1, 0.15) is 29.4 Å². The summed E-state index contributed by atoms with van der Waals surface area (Å²) in [6, 6.07) is 3.79. The van der Waals surface area contributed by atoms with E-state index in [1.807, 2.05) is 17.9 Å². The zero-order valence-corrected chi connectivity index (χ0v) is 10.9. The van der Waals surface area contributed by atoms with Gasteiger partial charge in [-0.05, 0) is 31.4 Å². The fourth-order valence-corrected chi connectivity index (χ4v) is 2.83. The highest BCUT2D eigenvalue weighted by Gasteiger charge is 2.34. The number of rotatable bonds is 2. The van der Waals surface area contributed by atoms with Crippen LogP contribution in [0.25, 0.3) is 0 Å². The molecule has 0 spiro atoms. The average molecular weight is 253 g/mol. The highest BCUT2D eigenvalue weighted by Crippen LogP contribution is 2.26. The third-order valence-electron chi connectivity index (χ3n) is 3.54. The number of amides is 1. The summed E-state index contributed by atoms with van der Waals surface area (Å²) in [6.07, 6.45) is 2.74. The molecule has 1 aliphatic rings. The second-order valence-corrected chi connectivity index (χ2v) is 4.93. The number of nitrogens with zero attached hydrogens (tertiary/aromatic N) is 2. The number of alkyl halides is 1. The molecule has 0 aromatic carbocycles. The molecule has 1 aliphatic heterocycles. The Morgan fingerprint density at radius 1 is 1.65 bits per heavy atom. The monoisotopic (exact) mass is 252 g/mol. The Morgan fingerprint density at radius 2 is 2.41 bits per heavy atom. The molecular formula is C13H17ClN2O. The lowest BCUT2D eigenvalue weighted by atomic mass is 10.0. The number of hydrogen-bond donors (Lipinski definition) is 0. The van der Waals surface area contributed by atoms with E-state index in [-0.39, 0.29) is 11.9 Å². The van der Waals surface area contributed by atoms with Crippen LogP contribution in [0.2, 0.25) is 0 Å². The van der Waals surface area contributed by atoms with Gasteiger partial charge in [-0.1, -0.05) is 6.92 Å². The number of aromatic nitrogens is 1. The van der Waals surface area contributed by atoms with Gasteiger partial charge in [-0.15, -0.1) is 11.6 Å². The number of likely N-dealkylation sites (tertiary alicyclic amines) is 1. The quantitative estimate of drug-likeness (QED) is 0.758. The Bertz CT molecular complexity index is 422. The number of hydrogen-bond acceptors (Lipinski definition) is 2. The molecule has 0 N–H and O–H groups in total. The first kappa shape index (κ1) is 12.4. The molecule has 2 unspecified atom stereocenters. The van der Waals surface area contributed by atoms with E-state index in [1.54, 1.807) is 12.3 Å². The van der Waals surface area contributed by atoms with Crippen molar-refractivity contribution < 1.29 is 4.79 Å². The molecule has 1 amide bonds. The molecule has 2 rings (SSSR count). The molecule has 1 aromatic heterocycles. The molecule has 92 valence electrons. The van der Waals surface area contributed by atoms with E-state index in [9.17, 15) is 4.79 Å². The topological polar surface area (TPSA) is 33.2 Å². The predicted octanol–water partition coefficient (Wildman–Crippen LogP) is 2.48. The van der Waals surface area contributed by atoms with Gasteiger partial charge in [-0.25, -0.2) is 0 Å². The minimum atomic E-state index is 0.0607. The van der Waals surface area contributed by atoms with Crippen LogP contribution in [0.3, 0.4) is 0 Å². The highest BCUT2D eigenvalue weighted by molar-refractivity contribution is 6.18. The van der Waals surface area contributed by atoms with Crippen molar-refractivity contribution in [1.82, 2.24) is 9.88 Å². The van der Waals surface area contributed by atoms with Crippen molar-refractivity contribution in [3.05, 3.63) is 29.6 Å². The van der Waals surface area contributed by atoms with E-state index in [2.05, 4.69) is 11.9 Å². The average Bonchev–Trinajstić information content (AvgIpc) is 2.70. The fourth-order valence-electron chi connectivity index (χ4n) is 2.36. The maximum Gasteiger partial charge on any atom is 0.255 e. The molecule has 0 bridgehead atoms. The number of carbonyl (C=O) groups excluding carboxylic acids is 1. The molecule has 0 aliphatic carbocycles. The Kier molecular flexibility index (Phi) is 3.67. The Morgan fingerprint density at radius 3 is 3.06 bits per heavy atom. The van der Waals surface area contributed by atoms with Crippen LogP contribution < -0.4 is 0 Å². The first-order valence-electron chi connectivity index (χ1n) is 5.93. The van der Waals surface area contributed by atoms with E-state index < -0.39 is 0 Å². The van der Waals surface area contributed by atoms with Gasteiger partial charge in [0, 0.05) is 30.4 Å².